The van der Waals surface area contributed by atoms with E-state index in [0.29, 0.717) is 5.41 Å². The van der Waals surface area contributed by atoms with Crippen LogP contribution in [0.1, 0.15) is 67.2 Å². The van der Waals surface area contributed by atoms with Crippen LogP contribution in [0, 0.1) is 11.3 Å². The molecule has 0 saturated carbocycles. The van der Waals surface area contributed by atoms with Crippen LogP contribution in [0.2, 0.25) is 0 Å². The maximum Gasteiger partial charge on any atom is 0.0600 e. The zero-order valence-corrected chi connectivity index (χ0v) is 16.5. The quantitative estimate of drug-likeness (QED) is 0.776. The van der Waals surface area contributed by atoms with Crippen molar-refractivity contribution in [2.75, 3.05) is 39.3 Å². The topological polar surface area (TPSA) is 15.7 Å². The lowest BCUT2D eigenvalue weighted by atomic mass is 9.75. The Kier molecular flexibility index (Phi) is 6.55. The van der Waals surface area contributed by atoms with Gasteiger partial charge in [0.25, 0.3) is 0 Å². The monoisotopic (exact) mass is 324 g/mol. The second kappa shape index (κ2) is 7.84. The van der Waals surface area contributed by atoms with Crippen LogP contribution < -0.4 is 0 Å². The number of ether oxygens (including phenoxy) is 1. The summed E-state index contributed by atoms with van der Waals surface area (Å²) in [5.41, 5.74) is 0.484. The molecule has 0 spiro atoms. The number of piperidine rings is 2. The average molecular weight is 325 g/mol. The molecule has 2 saturated heterocycles. The molecule has 0 aromatic carbocycles. The minimum Gasteiger partial charge on any atom is -0.375 e. The molecule has 0 unspecified atom stereocenters. The van der Waals surface area contributed by atoms with E-state index in [0.717, 1.165) is 25.1 Å². The molecule has 3 heteroatoms. The molecular weight excluding hydrogens is 284 g/mol. The lowest BCUT2D eigenvalue weighted by Gasteiger charge is -2.44. The van der Waals surface area contributed by atoms with Gasteiger partial charge >= 0.3 is 0 Å². The number of hydrogen-bond donors (Lipinski definition) is 0. The van der Waals surface area contributed by atoms with Crippen molar-refractivity contribution in [3.63, 3.8) is 0 Å². The van der Waals surface area contributed by atoms with E-state index in [4.69, 9.17) is 4.74 Å². The predicted octanol–water partition coefficient (Wildman–Crippen LogP) is 4.02. The van der Waals surface area contributed by atoms with Crippen LogP contribution >= 0.6 is 0 Å². The Labute approximate surface area is 144 Å². The van der Waals surface area contributed by atoms with E-state index < -0.39 is 0 Å². The molecule has 136 valence electrons. The zero-order chi connectivity index (χ0) is 17.1. The van der Waals surface area contributed by atoms with E-state index in [1.807, 2.05) is 0 Å². The Morgan fingerprint density at radius 1 is 0.826 bits per heavy atom. The van der Waals surface area contributed by atoms with Crippen LogP contribution in [0.4, 0.5) is 0 Å². The van der Waals surface area contributed by atoms with E-state index in [2.05, 4.69) is 51.3 Å². The Morgan fingerprint density at radius 3 is 1.87 bits per heavy atom. The first kappa shape index (κ1) is 19.2. The maximum atomic E-state index is 5.87. The van der Waals surface area contributed by atoms with E-state index in [9.17, 15) is 0 Å². The molecule has 23 heavy (non-hydrogen) atoms. The molecule has 0 amide bonds. The highest BCUT2D eigenvalue weighted by atomic mass is 16.5. The Hall–Kier alpha value is -0.120. The van der Waals surface area contributed by atoms with Crippen molar-refractivity contribution >= 4 is 0 Å². The van der Waals surface area contributed by atoms with Gasteiger partial charge in [0.05, 0.1) is 12.2 Å². The van der Waals surface area contributed by atoms with Gasteiger partial charge in [0.15, 0.2) is 0 Å². The van der Waals surface area contributed by atoms with Crippen molar-refractivity contribution < 1.29 is 4.74 Å². The summed E-state index contributed by atoms with van der Waals surface area (Å²) in [7, 11) is 0. The molecule has 2 aliphatic heterocycles. The first-order chi connectivity index (χ1) is 10.6. The smallest absolute Gasteiger partial charge is 0.0600 e. The Balaban J connectivity index is 1.65. The summed E-state index contributed by atoms with van der Waals surface area (Å²) in [4.78, 5) is 5.37. The molecule has 0 bridgehead atoms. The number of nitrogens with zero attached hydrogens (tertiary/aromatic N) is 2. The average Bonchev–Trinajstić information content (AvgIpc) is 2.46. The molecular formula is C20H40N2O. The summed E-state index contributed by atoms with van der Waals surface area (Å²) in [6.07, 6.45) is 5.47. The van der Waals surface area contributed by atoms with Crippen LogP contribution in [0.3, 0.4) is 0 Å². The van der Waals surface area contributed by atoms with Crippen molar-refractivity contribution in [2.24, 2.45) is 11.3 Å². The summed E-state index contributed by atoms with van der Waals surface area (Å²) in [6, 6.07) is 0.829. The van der Waals surface area contributed by atoms with Gasteiger partial charge in [-0.2, -0.15) is 0 Å². The van der Waals surface area contributed by atoms with Gasteiger partial charge in [-0.25, -0.2) is 0 Å². The summed E-state index contributed by atoms with van der Waals surface area (Å²) in [5.74, 6) is 0.911. The molecule has 2 fully saturated rings. The number of rotatable bonds is 4. The van der Waals surface area contributed by atoms with Crippen molar-refractivity contribution in [2.45, 2.75) is 78.9 Å². The number of hydrogen-bond acceptors (Lipinski definition) is 3. The van der Waals surface area contributed by atoms with Crippen LogP contribution in [0.15, 0.2) is 0 Å². The highest BCUT2D eigenvalue weighted by Gasteiger charge is 2.32. The van der Waals surface area contributed by atoms with E-state index in [1.54, 1.807) is 0 Å². The van der Waals surface area contributed by atoms with Crippen LogP contribution in [0.25, 0.3) is 0 Å². The van der Waals surface area contributed by atoms with Gasteiger partial charge in [-0.05, 0) is 84.0 Å². The molecule has 2 rings (SSSR count). The van der Waals surface area contributed by atoms with Crippen molar-refractivity contribution in [1.29, 1.82) is 0 Å². The van der Waals surface area contributed by atoms with E-state index in [-0.39, 0.29) is 5.60 Å². The fraction of sp³-hybridized carbons (Fsp3) is 1.00. The fourth-order valence-electron chi connectivity index (χ4n) is 4.12. The normalized spacial score (nSPS) is 24.3. The zero-order valence-electron chi connectivity index (χ0n) is 16.5. The summed E-state index contributed by atoms with van der Waals surface area (Å²) in [6.45, 7) is 20.7. The van der Waals surface area contributed by atoms with Crippen molar-refractivity contribution in [3.8, 4) is 0 Å². The van der Waals surface area contributed by atoms with Crippen molar-refractivity contribution in [1.82, 2.24) is 9.80 Å². The molecule has 2 heterocycles. The molecule has 2 aliphatic rings. The Bertz CT molecular complexity index is 340. The van der Waals surface area contributed by atoms with Crippen LogP contribution in [-0.4, -0.2) is 60.8 Å². The molecule has 0 aromatic heterocycles. The third kappa shape index (κ3) is 6.36. The lowest BCUT2D eigenvalue weighted by Crippen LogP contribution is -2.49. The minimum absolute atomic E-state index is 0.00425. The standard InChI is InChI=1S/C20H40N2O/c1-19(2,3)17-7-13-22(14-8-17)18-9-11-21(12-10-18)15-16-23-20(4,5)6/h17-18H,7-16H2,1-6H3. The highest BCUT2D eigenvalue weighted by Crippen LogP contribution is 2.35. The molecule has 0 N–H and O–H groups in total. The summed E-state index contributed by atoms with van der Waals surface area (Å²) < 4.78 is 5.87. The summed E-state index contributed by atoms with van der Waals surface area (Å²) in [5, 5.41) is 0. The molecule has 0 radical (unpaired) electrons. The Morgan fingerprint density at radius 2 is 1.39 bits per heavy atom. The summed E-state index contributed by atoms with van der Waals surface area (Å²) >= 11 is 0. The van der Waals surface area contributed by atoms with E-state index in [1.165, 1.54) is 51.9 Å². The second-order valence-electron chi connectivity index (χ2n) is 9.71. The van der Waals surface area contributed by atoms with Crippen molar-refractivity contribution in [3.05, 3.63) is 0 Å². The third-order valence-electron chi connectivity index (χ3n) is 5.77. The molecule has 0 atom stereocenters. The van der Waals surface area contributed by atoms with Gasteiger partial charge in [0, 0.05) is 12.6 Å². The van der Waals surface area contributed by atoms with Crippen LogP contribution in [-0.2, 0) is 4.74 Å². The largest absolute Gasteiger partial charge is 0.375 e. The molecule has 3 nitrogen and oxygen atoms in total. The van der Waals surface area contributed by atoms with Gasteiger partial charge in [0.2, 0.25) is 0 Å². The van der Waals surface area contributed by atoms with Gasteiger partial charge in [0.1, 0.15) is 0 Å². The van der Waals surface area contributed by atoms with Gasteiger partial charge < -0.3 is 14.5 Å². The van der Waals surface area contributed by atoms with Crippen LogP contribution in [0.5, 0.6) is 0 Å². The highest BCUT2D eigenvalue weighted by molar-refractivity contribution is 4.86. The minimum atomic E-state index is -0.00425. The maximum absolute atomic E-state index is 5.87. The second-order valence-corrected chi connectivity index (χ2v) is 9.71. The third-order valence-corrected chi connectivity index (χ3v) is 5.77. The predicted molar refractivity (Wildman–Crippen MR) is 98.9 cm³/mol. The fourth-order valence-corrected chi connectivity index (χ4v) is 4.12. The van der Waals surface area contributed by atoms with Gasteiger partial charge in [-0.1, -0.05) is 20.8 Å². The first-order valence-electron chi connectivity index (χ1n) is 9.75. The van der Waals surface area contributed by atoms with E-state index >= 15 is 0 Å². The first-order valence-corrected chi connectivity index (χ1v) is 9.75. The SMILES string of the molecule is CC(C)(C)OCCN1CCC(N2CCC(C(C)(C)C)CC2)CC1. The molecule has 0 aromatic rings. The molecule has 0 aliphatic carbocycles. The number of likely N-dealkylation sites (tertiary alicyclic amines) is 2. The lowest BCUT2D eigenvalue weighted by molar-refractivity contribution is -0.0192. The van der Waals surface area contributed by atoms with Gasteiger partial charge in [-0.3, -0.25) is 0 Å². The van der Waals surface area contributed by atoms with Gasteiger partial charge in [-0.15, -0.1) is 0 Å².